The van der Waals surface area contributed by atoms with E-state index in [4.69, 9.17) is 5.10 Å². The lowest BCUT2D eigenvalue weighted by Crippen LogP contribution is -2.25. The van der Waals surface area contributed by atoms with Crippen LogP contribution in [0.4, 0.5) is 5.69 Å². The number of amides is 2. The van der Waals surface area contributed by atoms with Crippen molar-refractivity contribution in [1.29, 1.82) is 0 Å². The molecule has 2 heterocycles. The number of amidine groups is 1. The molecule has 1 N–H and O–H groups in total. The van der Waals surface area contributed by atoms with Crippen molar-refractivity contribution in [1.82, 2.24) is 20.1 Å². The van der Waals surface area contributed by atoms with Crippen LogP contribution in [0.3, 0.4) is 0 Å². The van der Waals surface area contributed by atoms with Crippen molar-refractivity contribution in [3.8, 4) is 16.9 Å². The highest BCUT2D eigenvalue weighted by molar-refractivity contribution is 8.14. The average Bonchev–Trinajstić information content (AvgIpc) is 3.38. The summed E-state index contributed by atoms with van der Waals surface area (Å²) >= 11 is 1.23. The highest BCUT2D eigenvalue weighted by Crippen LogP contribution is 2.42. The molecule has 0 aliphatic carbocycles. The SMILES string of the molecule is CC(=O)NC1=NN(C(C)=O)C(c2cn(-c3ccc([N+](=O)[O-])cc3)nc2-c2ccccc2)S1. The molecule has 1 aromatic heterocycles. The van der Waals surface area contributed by atoms with Gasteiger partial charge in [0.25, 0.3) is 5.69 Å². The van der Waals surface area contributed by atoms with E-state index in [-0.39, 0.29) is 17.5 Å². The molecule has 1 unspecified atom stereocenters. The Morgan fingerprint density at radius 1 is 1.09 bits per heavy atom. The van der Waals surface area contributed by atoms with Gasteiger partial charge in [0.2, 0.25) is 11.8 Å². The van der Waals surface area contributed by atoms with Crippen LogP contribution in [0.1, 0.15) is 24.8 Å². The van der Waals surface area contributed by atoms with Crippen molar-refractivity contribution in [3.05, 3.63) is 76.5 Å². The Morgan fingerprint density at radius 2 is 1.78 bits per heavy atom. The number of carbonyl (C=O) groups excluding carboxylic acids is 2. The van der Waals surface area contributed by atoms with Crippen LogP contribution in [-0.2, 0) is 9.59 Å². The number of benzene rings is 2. The molecule has 11 heteroatoms. The van der Waals surface area contributed by atoms with Gasteiger partial charge in [-0.15, -0.1) is 5.10 Å². The van der Waals surface area contributed by atoms with Gasteiger partial charge in [0, 0.05) is 43.3 Å². The molecule has 2 amide bonds. The summed E-state index contributed by atoms with van der Waals surface area (Å²) in [5, 5.41) is 23.6. The van der Waals surface area contributed by atoms with Crippen molar-refractivity contribution in [2.24, 2.45) is 5.10 Å². The number of nitro benzene ring substituents is 1. The first kappa shape index (κ1) is 21.2. The number of hydrogen-bond acceptors (Lipinski definition) is 7. The second-order valence-corrected chi connectivity index (χ2v) is 8.01. The first-order valence-electron chi connectivity index (χ1n) is 9.56. The zero-order chi connectivity index (χ0) is 22.8. The Hall–Kier alpha value is -3.99. The quantitative estimate of drug-likeness (QED) is 0.480. The summed E-state index contributed by atoms with van der Waals surface area (Å²) in [7, 11) is 0. The Kier molecular flexibility index (Phi) is 5.73. The Morgan fingerprint density at radius 3 is 2.38 bits per heavy atom. The third-order valence-electron chi connectivity index (χ3n) is 4.63. The van der Waals surface area contributed by atoms with Crippen LogP contribution in [0.15, 0.2) is 65.9 Å². The molecule has 32 heavy (non-hydrogen) atoms. The van der Waals surface area contributed by atoms with Gasteiger partial charge in [-0.05, 0) is 12.1 Å². The van der Waals surface area contributed by atoms with Gasteiger partial charge in [-0.1, -0.05) is 42.1 Å². The maximum Gasteiger partial charge on any atom is 0.269 e. The topological polar surface area (TPSA) is 123 Å². The molecular formula is C21H18N6O4S. The number of nitrogens with zero attached hydrogens (tertiary/aromatic N) is 5. The standard InChI is InChI=1S/C21H18N6O4S/c1-13(28)22-21-24-26(14(2)29)20(32-21)18-12-25(16-8-10-17(11-9-16)27(30)31)23-19(18)15-6-4-3-5-7-15/h3-12,20H,1-2H3,(H,22,24,28). The van der Waals surface area contributed by atoms with Gasteiger partial charge in [0.15, 0.2) is 5.17 Å². The molecule has 0 fully saturated rings. The van der Waals surface area contributed by atoms with Crippen molar-refractivity contribution in [3.63, 3.8) is 0 Å². The number of aromatic nitrogens is 2. The maximum atomic E-state index is 12.3. The predicted octanol–water partition coefficient (Wildman–Crippen LogP) is 3.45. The third kappa shape index (κ3) is 4.23. The van der Waals surface area contributed by atoms with Crippen molar-refractivity contribution >= 4 is 34.4 Å². The summed E-state index contributed by atoms with van der Waals surface area (Å²) in [4.78, 5) is 34.3. The molecule has 0 spiro atoms. The lowest BCUT2D eigenvalue weighted by Gasteiger charge is -2.18. The van der Waals surface area contributed by atoms with Crippen LogP contribution in [0, 0.1) is 10.1 Å². The number of non-ortho nitro benzene ring substituents is 1. The van der Waals surface area contributed by atoms with Crippen LogP contribution >= 0.6 is 11.8 Å². The number of hydrazone groups is 1. The summed E-state index contributed by atoms with van der Waals surface area (Å²) in [5.74, 6) is -0.574. The number of thioether (sulfide) groups is 1. The molecule has 3 aromatic rings. The van der Waals surface area contributed by atoms with Gasteiger partial charge in [-0.3, -0.25) is 19.7 Å². The number of hydrogen-bond donors (Lipinski definition) is 1. The minimum absolute atomic E-state index is 0.0214. The fourth-order valence-corrected chi connectivity index (χ4v) is 4.36. The molecule has 2 aromatic carbocycles. The number of rotatable bonds is 4. The molecule has 4 rings (SSSR count). The van der Waals surface area contributed by atoms with Crippen molar-refractivity contribution < 1.29 is 14.5 Å². The normalized spacial score (nSPS) is 15.4. The minimum Gasteiger partial charge on any atom is -0.304 e. The fourth-order valence-electron chi connectivity index (χ4n) is 3.21. The summed E-state index contributed by atoms with van der Waals surface area (Å²) in [6.45, 7) is 2.77. The number of carbonyl (C=O) groups is 2. The molecule has 0 saturated carbocycles. The molecule has 162 valence electrons. The van der Waals surface area contributed by atoms with Crippen molar-refractivity contribution in [2.75, 3.05) is 0 Å². The van der Waals surface area contributed by atoms with Gasteiger partial charge < -0.3 is 5.32 Å². The average molecular weight is 450 g/mol. The summed E-state index contributed by atoms with van der Waals surface area (Å²) in [6, 6.07) is 15.5. The van der Waals surface area contributed by atoms with Crippen LogP contribution < -0.4 is 5.32 Å². The molecule has 0 saturated heterocycles. The lowest BCUT2D eigenvalue weighted by molar-refractivity contribution is -0.384. The Bertz CT molecular complexity index is 1220. The van der Waals surface area contributed by atoms with E-state index in [1.165, 1.54) is 42.8 Å². The molecule has 1 atom stereocenters. The number of nitro groups is 1. The van der Waals surface area contributed by atoms with E-state index >= 15 is 0 Å². The lowest BCUT2D eigenvalue weighted by atomic mass is 10.1. The first-order valence-corrected chi connectivity index (χ1v) is 10.4. The van der Waals surface area contributed by atoms with E-state index in [1.807, 2.05) is 30.3 Å². The zero-order valence-electron chi connectivity index (χ0n) is 17.1. The second-order valence-electron chi connectivity index (χ2n) is 6.94. The smallest absolute Gasteiger partial charge is 0.269 e. The van der Waals surface area contributed by atoms with Gasteiger partial charge in [0.1, 0.15) is 5.37 Å². The van der Waals surface area contributed by atoms with E-state index < -0.39 is 10.3 Å². The van der Waals surface area contributed by atoms with Crippen LogP contribution in [0.5, 0.6) is 0 Å². The predicted molar refractivity (Wildman–Crippen MR) is 120 cm³/mol. The van der Waals surface area contributed by atoms with Crippen LogP contribution in [0.25, 0.3) is 16.9 Å². The summed E-state index contributed by atoms with van der Waals surface area (Å²) in [5.41, 5.74) is 2.78. The Labute approximate surface area is 187 Å². The fraction of sp³-hybridized carbons (Fsp3) is 0.143. The van der Waals surface area contributed by atoms with Gasteiger partial charge >= 0.3 is 0 Å². The first-order chi connectivity index (χ1) is 15.3. The monoisotopic (exact) mass is 450 g/mol. The van der Waals surface area contributed by atoms with E-state index in [0.717, 1.165) is 5.56 Å². The largest absolute Gasteiger partial charge is 0.304 e. The van der Waals surface area contributed by atoms with Gasteiger partial charge in [-0.2, -0.15) is 5.10 Å². The Balaban J connectivity index is 1.79. The summed E-state index contributed by atoms with van der Waals surface area (Å²) < 4.78 is 1.61. The van der Waals surface area contributed by atoms with Gasteiger partial charge in [-0.25, -0.2) is 9.69 Å². The third-order valence-corrected chi connectivity index (χ3v) is 5.71. The van der Waals surface area contributed by atoms with Crippen LogP contribution in [0.2, 0.25) is 0 Å². The molecule has 0 radical (unpaired) electrons. The van der Waals surface area contributed by atoms with Crippen LogP contribution in [-0.4, -0.2) is 36.7 Å². The second kappa shape index (κ2) is 8.63. The molecular weight excluding hydrogens is 432 g/mol. The van der Waals surface area contributed by atoms with Gasteiger partial charge in [0.05, 0.1) is 16.3 Å². The highest BCUT2D eigenvalue weighted by Gasteiger charge is 2.35. The van der Waals surface area contributed by atoms with Crippen molar-refractivity contribution in [2.45, 2.75) is 19.2 Å². The number of nitrogens with one attached hydrogen (secondary N) is 1. The van der Waals surface area contributed by atoms with E-state index in [2.05, 4.69) is 10.4 Å². The van der Waals surface area contributed by atoms with E-state index in [0.29, 0.717) is 22.1 Å². The van der Waals surface area contributed by atoms with E-state index in [1.54, 1.807) is 23.0 Å². The molecule has 1 aliphatic heterocycles. The maximum absolute atomic E-state index is 12.3. The van der Waals surface area contributed by atoms with E-state index in [9.17, 15) is 19.7 Å². The molecule has 0 bridgehead atoms. The summed E-state index contributed by atoms with van der Waals surface area (Å²) in [6.07, 6.45) is 1.77. The zero-order valence-corrected chi connectivity index (χ0v) is 17.9. The molecule has 10 nitrogen and oxygen atoms in total. The highest BCUT2D eigenvalue weighted by atomic mass is 32.2. The minimum atomic E-state index is -0.545. The molecule has 1 aliphatic rings.